The molecular weight excluding hydrogens is 381 g/mol. The first kappa shape index (κ1) is 14.3. The largest absolute Gasteiger partial charge is 0.476 e. The fraction of sp³-hybridized carbons (Fsp3) is 0.250. The maximum Gasteiger partial charge on any atom is 0.358 e. The number of rotatable bonds is 4. The van der Waals surface area contributed by atoms with Crippen LogP contribution in [0.2, 0.25) is 5.02 Å². The van der Waals surface area contributed by atoms with Gasteiger partial charge in [-0.3, -0.25) is 0 Å². The van der Waals surface area contributed by atoms with Crippen LogP contribution in [-0.2, 0) is 6.42 Å². The second kappa shape index (κ2) is 5.87. The van der Waals surface area contributed by atoms with Gasteiger partial charge in [-0.25, -0.2) is 9.48 Å². The lowest BCUT2D eigenvalue weighted by Gasteiger charge is -2.08. The molecule has 1 aromatic heterocycles. The van der Waals surface area contributed by atoms with Crippen molar-refractivity contribution in [2.24, 2.45) is 0 Å². The molecule has 5 nitrogen and oxygen atoms in total. The molecule has 1 N–H and O–H groups in total. The Morgan fingerprint density at radius 1 is 1.53 bits per heavy atom. The van der Waals surface area contributed by atoms with Crippen molar-refractivity contribution in [1.29, 1.82) is 0 Å². The lowest BCUT2D eigenvalue weighted by molar-refractivity contribution is 0.0689. The first-order chi connectivity index (χ1) is 9.04. The Balaban J connectivity index is 2.58. The molecular formula is C12H11ClIN3O2. The van der Waals surface area contributed by atoms with E-state index in [0.717, 1.165) is 9.99 Å². The highest BCUT2D eigenvalue weighted by Crippen LogP contribution is 2.24. The number of hydrogen-bond acceptors (Lipinski definition) is 3. The zero-order valence-electron chi connectivity index (χ0n) is 10.1. The molecule has 0 aliphatic carbocycles. The molecule has 0 atom stereocenters. The number of carboxylic acids is 1. The van der Waals surface area contributed by atoms with Crippen LogP contribution in [0.5, 0.6) is 0 Å². The molecule has 1 aromatic carbocycles. The fourth-order valence-corrected chi connectivity index (χ4v) is 2.71. The van der Waals surface area contributed by atoms with Gasteiger partial charge in [0.05, 0.1) is 16.4 Å². The summed E-state index contributed by atoms with van der Waals surface area (Å²) in [5.41, 5.74) is 1.19. The Morgan fingerprint density at radius 2 is 2.26 bits per heavy atom. The Bertz CT molecular complexity index is 627. The van der Waals surface area contributed by atoms with Gasteiger partial charge in [-0.05, 0) is 47.2 Å². The van der Waals surface area contributed by atoms with Gasteiger partial charge in [0.25, 0.3) is 0 Å². The summed E-state index contributed by atoms with van der Waals surface area (Å²) in [5, 5.41) is 17.3. The third kappa shape index (κ3) is 2.89. The summed E-state index contributed by atoms with van der Waals surface area (Å²) in [6, 6.07) is 5.50. The van der Waals surface area contributed by atoms with Crippen molar-refractivity contribution < 1.29 is 9.90 Å². The first-order valence-electron chi connectivity index (χ1n) is 5.68. The number of aromatic nitrogens is 3. The molecule has 2 aromatic rings. The molecule has 0 aliphatic rings. The van der Waals surface area contributed by atoms with E-state index in [9.17, 15) is 4.79 Å². The highest BCUT2D eigenvalue weighted by Gasteiger charge is 2.20. The van der Waals surface area contributed by atoms with Crippen molar-refractivity contribution in [2.75, 3.05) is 0 Å². The minimum absolute atomic E-state index is 0.0172. The number of hydrogen-bond donors (Lipinski definition) is 1. The van der Waals surface area contributed by atoms with Crippen LogP contribution in [0.25, 0.3) is 5.69 Å². The van der Waals surface area contributed by atoms with E-state index in [1.807, 2.05) is 19.1 Å². The number of aromatic carboxylic acids is 1. The van der Waals surface area contributed by atoms with Crippen LogP contribution in [0.3, 0.4) is 0 Å². The summed E-state index contributed by atoms with van der Waals surface area (Å²) in [5.74, 6) is -1.07. The molecule has 0 spiro atoms. The van der Waals surface area contributed by atoms with Gasteiger partial charge in [0.2, 0.25) is 0 Å². The highest BCUT2D eigenvalue weighted by molar-refractivity contribution is 14.1. The third-order valence-corrected chi connectivity index (χ3v) is 3.56. The molecule has 0 saturated carbocycles. The van der Waals surface area contributed by atoms with E-state index in [2.05, 4.69) is 32.9 Å². The maximum atomic E-state index is 11.1. The Labute approximate surface area is 128 Å². The van der Waals surface area contributed by atoms with Crippen molar-refractivity contribution in [3.05, 3.63) is 38.2 Å². The lowest BCUT2D eigenvalue weighted by atomic mass is 10.2. The van der Waals surface area contributed by atoms with Crippen LogP contribution >= 0.6 is 34.2 Å². The topological polar surface area (TPSA) is 68.0 Å². The molecule has 100 valence electrons. The molecule has 0 saturated heterocycles. The normalized spacial score (nSPS) is 10.7. The Kier molecular flexibility index (Phi) is 4.41. The quantitative estimate of drug-likeness (QED) is 0.813. The van der Waals surface area contributed by atoms with Gasteiger partial charge in [-0.1, -0.05) is 30.2 Å². The van der Waals surface area contributed by atoms with Crippen LogP contribution in [-0.4, -0.2) is 26.1 Å². The minimum Gasteiger partial charge on any atom is -0.476 e. The summed E-state index contributed by atoms with van der Waals surface area (Å²) < 4.78 is 2.51. The van der Waals surface area contributed by atoms with Crippen LogP contribution in [0.1, 0.15) is 29.5 Å². The predicted molar refractivity (Wildman–Crippen MR) is 80.0 cm³/mol. The fourth-order valence-electron chi connectivity index (χ4n) is 1.78. The van der Waals surface area contributed by atoms with Crippen LogP contribution in [0.4, 0.5) is 0 Å². The van der Waals surface area contributed by atoms with Crippen molar-refractivity contribution in [1.82, 2.24) is 15.0 Å². The molecule has 0 bridgehead atoms. The molecule has 0 radical (unpaired) electrons. The lowest BCUT2D eigenvalue weighted by Crippen LogP contribution is -2.07. The van der Waals surface area contributed by atoms with E-state index in [1.165, 1.54) is 4.68 Å². The second-order valence-corrected chi connectivity index (χ2v) is 5.60. The van der Waals surface area contributed by atoms with Gasteiger partial charge in [0.1, 0.15) is 0 Å². The van der Waals surface area contributed by atoms with E-state index in [1.54, 1.807) is 6.07 Å². The summed E-state index contributed by atoms with van der Waals surface area (Å²) in [7, 11) is 0. The molecule has 0 aliphatic heterocycles. The average molecular weight is 392 g/mol. The third-order valence-electron chi connectivity index (χ3n) is 2.59. The summed E-state index contributed by atoms with van der Waals surface area (Å²) in [6.45, 7) is 1.97. The van der Waals surface area contributed by atoms with Gasteiger partial charge in [-0.2, -0.15) is 0 Å². The molecule has 0 fully saturated rings. The van der Waals surface area contributed by atoms with Crippen molar-refractivity contribution >= 4 is 40.2 Å². The van der Waals surface area contributed by atoms with Gasteiger partial charge >= 0.3 is 5.97 Å². The molecule has 2 rings (SSSR count). The number of halogens is 2. The number of carboxylic acid groups (broad SMARTS) is 1. The predicted octanol–water partition coefficient (Wildman–Crippen LogP) is 3.18. The Morgan fingerprint density at radius 3 is 2.84 bits per heavy atom. The second-order valence-electron chi connectivity index (χ2n) is 3.95. The number of carbonyl (C=O) groups is 1. The summed E-state index contributed by atoms with van der Waals surface area (Å²) in [6.07, 6.45) is 1.38. The Hall–Kier alpha value is -1.15. The van der Waals surface area contributed by atoms with Crippen LogP contribution in [0.15, 0.2) is 18.2 Å². The molecule has 19 heavy (non-hydrogen) atoms. The zero-order valence-corrected chi connectivity index (χ0v) is 13.0. The molecule has 7 heteroatoms. The van der Waals surface area contributed by atoms with E-state index in [4.69, 9.17) is 16.7 Å². The highest BCUT2D eigenvalue weighted by atomic mass is 127. The monoisotopic (exact) mass is 391 g/mol. The van der Waals surface area contributed by atoms with Crippen molar-refractivity contribution in [3.63, 3.8) is 0 Å². The van der Waals surface area contributed by atoms with Crippen molar-refractivity contribution in [3.8, 4) is 5.69 Å². The van der Waals surface area contributed by atoms with E-state index in [0.29, 0.717) is 22.8 Å². The van der Waals surface area contributed by atoms with Crippen molar-refractivity contribution in [2.45, 2.75) is 19.8 Å². The first-order valence-corrected chi connectivity index (χ1v) is 7.13. The molecule has 1 heterocycles. The number of nitrogens with zero attached hydrogens (tertiary/aromatic N) is 3. The van der Waals surface area contributed by atoms with Gasteiger partial charge < -0.3 is 5.11 Å². The SMILES string of the molecule is CCCc1c(C(=O)O)nnn1-c1ccc(I)cc1Cl. The van der Waals surface area contributed by atoms with Crippen LogP contribution < -0.4 is 0 Å². The van der Waals surface area contributed by atoms with Gasteiger partial charge in [0, 0.05) is 3.57 Å². The molecule has 0 amide bonds. The standard InChI is InChI=1S/C12H11ClIN3O2/c1-2-3-10-11(12(18)19)15-16-17(10)9-5-4-7(14)6-8(9)13/h4-6H,2-3H2,1H3,(H,18,19). The van der Waals surface area contributed by atoms with E-state index >= 15 is 0 Å². The van der Waals surface area contributed by atoms with E-state index < -0.39 is 5.97 Å². The van der Waals surface area contributed by atoms with Gasteiger partial charge in [-0.15, -0.1) is 5.10 Å². The summed E-state index contributed by atoms with van der Waals surface area (Å²) in [4.78, 5) is 11.1. The van der Waals surface area contributed by atoms with E-state index in [-0.39, 0.29) is 5.69 Å². The minimum atomic E-state index is -1.07. The van der Waals surface area contributed by atoms with Gasteiger partial charge in [0.15, 0.2) is 5.69 Å². The van der Waals surface area contributed by atoms with Crippen LogP contribution in [0, 0.1) is 3.57 Å². The zero-order chi connectivity index (χ0) is 14.0. The maximum absolute atomic E-state index is 11.1. The average Bonchev–Trinajstić information content (AvgIpc) is 2.73. The molecule has 0 unspecified atom stereocenters. The number of benzene rings is 1. The smallest absolute Gasteiger partial charge is 0.358 e. The summed E-state index contributed by atoms with van der Waals surface area (Å²) >= 11 is 8.34.